The second-order valence-electron chi connectivity index (χ2n) is 5.60. The van der Waals surface area contributed by atoms with Crippen LogP contribution in [0.15, 0.2) is 17.5 Å². The third-order valence-corrected chi connectivity index (χ3v) is 6.36. The summed E-state index contributed by atoms with van der Waals surface area (Å²) in [5.41, 5.74) is 0. The van der Waals surface area contributed by atoms with E-state index in [0.717, 1.165) is 25.7 Å². The number of thiophene rings is 1. The van der Waals surface area contributed by atoms with Crippen LogP contribution in [-0.4, -0.2) is 43.0 Å². The summed E-state index contributed by atoms with van der Waals surface area (Å²) in [4.78, 5) is 12.8. The van der Waals surface area contributed by atoms with Gasteiger partial charge in [-0.1, -0.05) is 6.07 Å². The third kappa shape index (κ3) is 2.62. The Morgan fingerprint density at radius 1 is 1.35 bits per heavy atom. The average molecular weight is 314 g/mol. The van der Waals surface area contributed by atoms with Gasteiger partial charge in [0.05, 0.1) is 11.1 Å². The van der Waals surface area contributed by atoms with Crippen LogP contribution in [0.2, 0.25) is 0 Å². The molecule has 2 bridgehead atoms. The number of sulfonamides is 1. The van der Waals surface area contributed by atoms with Gasteiger partial charge < -0.3 is 5.32 Å². The van der Waals surface area contributed by atoms with Gasteiger partial charge in [-0.3, -0.25) is 4.79 Å². The van der Waals surface area contributed by atoms with Gasteiger partial charge in [-0.15, -0.1) is 11.3 Å². The van der Waals surface area contributed by atoms with E-state index in [2.05, 4.69) is 5.32 Å². The number of carbonyl (C=O) groups is 1. The minimum Gasteiger partial charge on any atom is -0.348 e. The first-order valence-electron chi connectivity index (χ1n) is 6.78. The number of nitrogens with one attached hydrogen (secondary N) is 1. The van der Waals surface area contributed by atoms with Crippen molar-refractivity contribution in [1.82, 2.24) is 9.62 Å². The van der Waals surface area contributed by atoms with Gasteiger partial charge in [0.15, 0.2) is 0 Å². The van der Waals surface area contributed by atoms with Crippen LogP contribution in [0.5, 0.6) is 0 Å². The Labute approximate surface area is 123 Å². The van der Waals surface area contributed by atoms with Gasteiger partial charge >= 0.3 is 0 Å². The quantitative estimate of drug-likeness (QED) is 0.918. The number of nitrogens with zero attached hydrogens (tertiary/aromatic N) is 1. The lowest BCUT2D eigenvalue weighted by atomic mass is 10.00. The fraction of sp³-hybridized carbons (Fsp3) is 0.615. The van der Waals surface area contributed by atoms with Crippen molar-refractivity contribution in [1.29, 1.82) is 0 Å². The Hall–Kier alpha value is -0.920. The molecule has 0 radical (unpaired) electrons. The summed E-state index contributed by atoms with van der Waals surface area (Å²) < 4.78 is 25.3. The van der Waals surface area contributed by atoms with E-state index in [0.29, 0.717) is 4.88 Å². The molecule has 2 unspecified atom stereocenters. The molecular weight excluding hydrogens is 296 g/mol. The van der Waals surface area contributed by atoms with Crippen molar-refractivity contribution in [2.75, 3.05) is 6.26 Å². The molecule has 0 saturated carbocycles. The van der Waals surface area contributed by atoms with Crippen LogP contribution in [0.4, 0.5) is 0 Å². The molecule has 110 valence electrons. The molecule has 5 nitrogen and oxygen atoms in total. The Kier molecular flexibility index (Phi) is 3.60. The fourth-order valence-electron chi connectivity index (χ4n) is 3.46. The summed E-state index contributed by atoms with van der Waals surface area (Å²) in [5, 5.41) is 4.92. The Balaban J connectivity index is 1.67. The molecule has 2 aliphatic heterocycles. The van der Waals surface area contributed by atoms with Crippen LogP contribution in [0.3, 0.4) is 0 Å². The van der Waals surface area contributed by atoms with Crippen molar-refractivity contribution in [2.45, 2.75) is 43.8 Å². The van der Waals surface area contributed by atoms with Gasteiger partial charge in [-0.25, -0.2) is 8.42 Å². The second-order valence-corrected chi connectivity index (χ2v) is 8.43. The van der Waals surface area contributed by atoms with E-state index < -0.39 is 10.0 Å². The van der Waals surface area contributed by atoms with E-state index in [4.69, 9.17) is 0 Å². The van der Waals surface area contributed by atoms with Gasteiger partial charge in [0, 0.05) is 18.1 Å². The van der Waals surface area contributed by atoms with Gasteiger partial charge in [-0.05, 0) is 37.1 Å². The molecule has 3 heterocycles. The molecule has 2 saturated heterocycles. The monoisotopic (exact) mass is 314 g/mol. The standard InChI is InChI=1S/C13H18N2O3S2/c1-20(17,18)15-10-4-5-11(15)8-9(7-10)14-13(16)12-3-2-6-19-12/h2-3,6,9-11H,4-5,7-8H2,1H3,(H,14,16). The lowest BCUT2D eigenvalue weighted by molar-refractivity contribution is 0.0913. The van der Waals surface area contributed by atoms with Crippen LogP contribution < -0.4 is 5.32 Å². The van der Waals surface area contributed by atoms with Crippen LogP contribution in [0, 0.1) is 0 Å². The predicted octanol–water partition coefficient (Wildman–Crippen LogP) is 1.43. The highest BCUT2D eigenvalue weighted by Crippen LogP contribution is 2.37. The highest BCUT2D eigenvalue weighted by atomic mass is 32.2. The molecule has 1 amide bonds. The highest BCUT2D eigenvalue weighted by molar-refractivity contribution is 7.88. The molecule has 2 aliphatic rings. The van der Waals surface area contributed by atoms with Gasteiger partial charge in [0.25, 0.3) is 5.91 Å². The van der Waals surface area contributed by atoms with Gasteiger partial charge in [0.1, 0.15) is 0 Å². The van der Waals surface area contributed by atoms with E-state index >= 15 is 0 Å². The van der Waals surface area contributed by atoms with Crippen molar-refractivity contribution in [3.8, 4) is 0 Å². The number of amides is 1. The Morgan fingerprint density at radius 3 is 2.50 bits per heavy atom. The van der Waals surface area contributed by atoms with Crippen molar-refractivity contribution in [3.63, 3.8) is 0 Å². The van der Waals surface area contributed by atoms with Gasteiger partial charge in [0.2, 0.25) is 10.0 Å². The minimum absolute atomic E-state index is 0.0443. The molecule has 1 N–H and O–H groups in total. The molecule has 2 fully saturated rings. The maximum Gasteiger partial charge on any atom is 0.261 e. The zero-order chi connectivity index (χ0) is 14.3. The molecule has 0 spiro atoms. The van der Waals surface area contributed by atoms with Crippen LogP contribution in [0.1, 0.15) is 35.4 Å². The maximum absolute atomic E-state index is 12.1. The van der Waals surface area contributed by atoms with Crippen LogP contribution in [-0.2, 0) is 10.0 Å². The number of hydrogen-bond acceptors (Lipinski definition) is 4. The summed E-state index contributed by atoms with van der Waals surface area (Å²) in [6.45, 7) is 0. The SMILES string of the molecule is CS(=O)(=O)N1C2CCC1CC(NC(=O)c1cccs1)C2. The molecule has 20 heavy (non-hydrogen) atoms. The lowest BCUT2D eigenvalue weighted by Gasteiger charge is -2.37. The van der Waals surface area contributed by atoms with Crippen molar-refractivity contribution in [2.24, 2.45) is 0 Å². The molecule has 1 aromatic rings. The van der Waals surface area contributed by atoms with Crippen LogP contribution >= 0.6 is 11.3 Å². The zero-order valence-corrected chi connectivity index (χ0v) is 12.9. The number of fused-ring (bicyclic) bond motifs is 2. The summed E-state index contributed by atoms with van der Waals surface area (Å²) in [7, 11) is -3.13. The molecule has 0 aromatic carbocycles. The number of rotatable bonds is 3. The normalized spacial score (nSPS) is 30.4. The highest BCUT2D eigenvalue weighted by Gasteiger charge is 2.45. The third-order valence-electron chi connectivity index (χ3n) is 4.13. The first-order valence-corrected chi connectivity index (χ1v) is 9.51. The summed E-state index contributed by atoms with van der Waals surface area (Å²) in [6.07, 6.45) is 4.54. The number of carbonyl (C=O) groups excluding carboxylic acids is 1. The first-order chi connectivity index (χ1) is 9.45. The molecular formula is C13H18N2O3S2. The van der Waals surface area contributed by atoms with E-state index in [1.807, 2.05) is 11.4 Å². The number of piperidine rings is 1. The predicted molar refractivity (Wildman–Crippen MR) is 78.3 cm³/mol. The van der Waals surface area contributed by atoms with Crippen LogP contribution in [0.25, 0.3) is 0 Å². The zero-order valence-electron chi connectivity index (χ0n) is 11.3. The second kappa shape index (κ2) is 5.13. The van der Waals surface area contributed by atoms with E-state index in [1.165, 1.54) is 17.6 Å². The van der Waals surface area contributed by atoms with Crippen molar-refractivity contribution in [3.05, 3.63) is 22.4 Å². The van der Waals surface area contributed by atoms with E-state index in [-0.39, 0.29) is 24.0 Å². The smallest absolute Gasteiger partial charge is 0.261 e. The molecule has 0 aliphatic carbocycles. The van der Waals surface area contributed by atoms with E-state index in [9.17, 15) is 13.2 Å². The fourth-order valence-corrected chi connectivity index (χ4v) is 5.55. The maximum atomic E-state index is 12.1. The first kappa shape index (κ1) is 14.0. The molecule has 1 aromatic heterocycles. The number of hydrogen-bond donors (Lipinski definition) is 1. The molecule has 2 atom stereocenters. The molecule has 7 heteroatoms. The summed E-state index contributed by atoms with van der Waals surface area (Å²) in [6, 6.07) is 3.85. The van der Waals surface area contributed by atoms with Crippen molar-refractivity contribution >= 4 is 27.3 Å². The topological polar surface area (TPSA) is 66.5 Å². The summed E-state index contributed by atoms with van der Waals surface area (Å²) >= 11 is 1.42. The molecule has 3 rings (SSSR count). The Morgan fingerprint density at radius 2 is 2.00 bits per heavy atom. The summed E-state index contributed by atoms with van der Waals surface area (Å²) in [5.74, 6) is -0.0443. The Bertz CT molecular complexity index is 583. The average Bonchev–Trinajstić information content (AvgIpc) is 2.96. The largest absolute Gasteiger partial charge is 0.348 e. The van der Waals surface area contributed by atoms with E-state index in [1.54, 1.807) is 10.4 Å². The minimum atomic E-state index is -3.13. The lowest BCUT2D eigenvalue weighted by Crippen LogP contribution is -2.52. The van der Waals surface area contributed by atoms with Crippen molar-refractivity contribution < 1.29 is 13.2 Å². The van der Waals surface area contributed by atoms with Gasteiger partial charge in [-0.2, -0.15) is 4.31 Å².